The van der Waals surface area contributed by atoms with Gasteiger partial charge in [0, 0.05) is 41.3 Å². The van der Waals surface area contributed by atoms with Crippen molar-refractivity contribution in [2.45, 2.75) is 30.6 Å². The Morgan fingerprint density at radius 2 is 2.19 bits per heavy atom. The summed E-state index contributed by atoms with van der Waals surface area (Å²) in [6.45, 7) is 1.45. The first-order valence-electron chi connectivity index (χ1n) is 8.93. The van der Waals surface area contributed by atoms with Gasteiger partial charge in [-0.3, -0.25) is 4.57 Å². The molecule has 7 nitrogen and oxygen atoms in total. The highest BCUT2D eigenvalue weighted by atomic mass is 32.2. The van der Waals surface area contributed by atoms with Crippen molar-refractivity contribution >= 4 is 32.5 Å². The van der Waals surface area contributed by atoms with E-state index in [1.807, 2.05) is 24.4 Å². The summed E-state index contributed by atoms with van der Waals surface area (Å²) >= 11 is 1.43. The van der Waals surface area contributed by atoms with Crippen molar-refractivity contribution in [3.63, 3.8) is 0 Å². The van der Waals surface area contributed by atoms with Crippen molar-refractivity contribution in [1.29, 1.82) is 0 Å². The lowest BCUT2D eigenvalue weighted by Gasteiger charge is -2.14. The Labute approximate surface area is 162 Å². The zero-order valence-electron chi connectivity index (χ0n) is 15.1. The number of thioether (sulfide) groups is 1. The molecule has 1 aliphatic rings. The molecule has 1 unspecified atom stereocenters. The van der Waals surface area contributed by atoms with Crippen LogP contribution < -0.4 is 0 Å². The number of rotatable bonds is 7. The normalized spacial score (nSPS) is 17.7. The maximum Gasteiger partial charge on any atom is 0.191 e. The minimum atomic E-state index is -3.00. The maximum atomic E-state index is 11.4. The van der Waals surface area contributed by atoms with E-state index in [1.54, 1.807) is 0 Å². The van der Waals surface area contributed by atoms with Gasteiger partial charge in [-0.15, -0.1) is 10.2 Å². The Morgan fingerprint density at radius 3 is 2.96 bits per heavy atom. The summed E-state index contributed by atoms with van der Waals surface area (Å²) in [5.41, 5.74) is 2.04. The van der Waals surface area contributed by atoms with Gasteiger partial charge in [0.05, 0.1) is 18.4 Å². The second-order valence-corrected chi connectivity index (χ2v) is 10.1. The van der Waals surface area contributed by atoms with Crippen LogP contribution in [0, 0.1) is 0 Å². The van der Waals surface area contributed by atoms with Crippen molar-refractivity contribution in [2.24, 2.45) is 0 Å². The number of nitrogens with zero attached hydrogens (tertiary/aromatic N) is 3. The van der Waals surface area contributed by atoms with Crippen molar-refractivity contribution in [1.82, 2.24) is 19.7 Å². The van der Waals surface area contributed by atoms with Crippen LogP contribution in [0.1, 0.15) is 12.8 Å². The summed E-state index contributed by atoms with van der Waals surface area (Å²) in [6, 6.07) is 8.08. The first-order valence-corrected chi connectivity index (χ1v) is 12.0. The third-order valence-electron chi connectivity index (χ3n) is 4.64. The molecule has 1 fully saturated rings. The molecule has 3 heterocycles. The molecular weight excluding hydrogens is 384 g/mol. The summed E-state index contributed by atoms with van der Waals surface area (Å²) in [5.74, 6) is 1.35. The number of ether oxygens (including phenoxy) is 1. The number of aromatic amines is 1. The van der Waals surface area contributed by atoms with E-state index in [4.69, 9.17) is 4.74 Å². The first-order chi connectivity index (χ1) is 13.0. The van der Waals surface area contributed by atoms with Gasteiger partial charge in [-0.1, -0.05) is 30.0 Å². The standard InChI is InChI=1S/C18H22N4O3S2/c1-27(23,24)10-9-26-18-21-20-17(22(18)12-13-5-4-8-25-13)15-11-19-16-7-3-2-6-14(15)16/h2-3,6-7,11,13,19H,4-5,8-10,12H2,1H3. The number of H-pyrrole nitrogens is 1. The largest absolute Gasteiger partial charge is 0.376 e. The Balaban J connectivity index is 1.67. The molecule has 9 heteroatoms. The number of hydrogen-bond acceptors (Lipinski definition) is 6. The number of nitrogens with one attached hydrogen (secondary N) is 1. The molecule has 2 aromatic heterocycles. The Bertz CT molecular complexity index is 1040. The smallest absolute Gasteiger partial charge is 0.191 e. The van der Waals surface area contributed by atoms with Gasteiger partial charge in [0.1, 0.15) is 9.84 Å². The van der Waals surface area contributed by atoms with Crippen LogP contribution in [0.4, 0.5) is 0 Å². The lowest BCUT2D eigenvalue weighted by atomic mass is 10.1. The van der Waals surface area contributed by atoms with Crippen LogP contribution in [-0.2, 0) is 21.1 Å². The van der Waals surface area contributed by atoms with E-state index in [0.717, 1.165) is 46.9 Å². The zero-order valence-corrected chi connectivity index (χ0v) is 16.7. The average Bonchev–Trinajstić information content (AvgIpc) is 3.35. The van der Waals surface area contributed by atoms with Crippen LogP contribution >= 0.6 is 11.8 Å². The molecule has 27 heavy (non-hydrogen) atoms. The fourth-order valence-corrected chi connectivity index (χ4v) is 5.43. The third-order valence-corrected chi connectivity index (χ3v) is 6.82. The molecule has 0 bridgehead atoms. The topological polar surface area (TPSA) is 89.9 Å². The number of hydrogen-bond donors (Lipinski definition) is 1. The van der Waals surface area contributed by atoms with Gasteiger partial charge in [-0.05, 0) is 18.9 Å². The summed E-state index contributed by atoms with van der Waals surface area (Å²) in [5, 5.41) is 10.6. The van der Waals surface area contributed by atoms with Crippen LogP contribution in [0.2, 0.25) is 0 Å². The SMILES string of the molecule is CS(=O)(=O)CCSc1nnc(-c2c[nH]c3ccccc23)n1CC1CCCO1. The molecule has 0 spiro atoms. The molecule has 0 aliphatic carbocycles. The zero-order chi connectivity index (χ0) is 18.9. The van der Waals surface area contributed by atoms with Crippen molar-refractivity contribution in [3.8, 4) is 11.4 Å². The van der Waals surface area contributed by atoms with E-state index >= 15 is 0 Å². The molecule has 3 aromatic rings. The predicted molar refractivity (Wildman–Crippen MR) is 107 cm³/mol. The van der Waals surface area contributed by atoms with Gasteiger partial charge in [0.25, 0.3) is 0 Å². The molecule has 0 saturated carbocycles. The molecule has 4 rings (SSSR count). The van der Waals surface area contributed by atoms with Crippen molar-refractivity contribution in [2.75, 3.05) is 24.4 Å². The van der Waals surface area contributed by atoms with E-state index in [2.05, 4.69) is 25.8 Å². The molecule has 0 amide bonds. The van der Waals surface area contributed by atoms with Crippen molar-refractivity contribution < 1.29 is 13.2 Å². The summed E-state index contributed by atoms with van der Waals surface area (Å²) < 4.78 is 30.8. The second kappa shape index (κ2) is 7.65. The van der Waals surface area contributed by atoms with Crippen LogP contribution in [-0.4, -0.2) is 58.6 Å². The van der Waals surface area contributed by atoms with E-state index in [-0.39, 0.29) is 11.9 Å². The predicted octanol–water partition coefficient (Wildman–Crippen LogP) is 2.74. The lowest BCUT2D eigenvalue weighted by Crippen LogP contribution is -2.17. The Morgan fingerprint density at radius 1 is 1.33 bits per heavy atom. The fraction of sp³-hybridized carbons (Fsp3) is 0.444. The summed E-state index contributed by atoms with van der Waals surface area (Å²) in [4.78, 5) is 3.28. The van der Waals surface area contributed by atoms with Gasteiger partial charge in [-0.25, -0.2) is 8.42 Å². The van der Waals surface area contributed by atoms with Crippen LogP contribution in [0.3, 0.4) is 0 Å². The molecule has 1 aliphatic heterocycles. The number of aromatic nitrogens is 4. The molecule has 1 atom stereocenters. The number of para-hydroxylation sites is 1. The van der Waals surface area contributed by atoms with Crippen LogP contribution in [0.5, 0.6) is 0 Å². The molecule has 1 aromatic carbocycles. The molecular formula is C18H22N4O3S2. The van der Waals surface area contributed by atoms with E-state index in [0.29, 0.717) is 12.3 Å². The molecule has 1 N–H and O–H groups in total. The second-order valence-electron chi connectivity index (χ2n) is 6.78. The highest BCUT2D eigenvalue weighted by Gasteiger charge is 2.23. The Kier molecular flexibility index (Phi) is 5.25. The Hall–Kier alpha value is -1.84. The van der Waals surface area contributed by atoms with Crippen LogP contribution in [0.15, 0.2) is 35.6 Å². The van der Waals surface area contributed by atoms with Gasteiger partial charge < -0.3 is 9.72 Å². The minimum Gasteiger partial charge on any atom is -0.376 e. The fourth-order valence-electron chi connectivity index (χ4n) is 3.29. The quantitative estimate of drug-likeness (QED) is 0.607. The monoisotopic (exact) mass is 406 g/mol. The number of fused-ring (bicyclic) bond motifs is 1. The minimum absolute atomic E-state index is 0.118. The molecule has 144 valence electrons. The highest BCUT2D eigenvalue weighted by Crippen LogP contribution is 2.31. The van der Waals surface area contributed by atoms with E-state index in [9.17, 15) is 8.42 Å². The summed E-state index contributed by atoms with van der Waals surface area (Å²) in [7, 11) is -3.00. The van der Waals surface area contributed by atoms with Gasteiger partial charge >= 0.3 is 0 Å². The first kappa shape index (κ1) is 18.5. The highest BCUT2D eigenvalue weighted by molar-refractivity contribution is 8.00. The van der Waals surface area contributed by atoms with Gasteiger partial charge in [-0.2, -0.15) is 0 Å². The number of sulfone groups is 1. The maximum absolute atomic E-state index is 11.4. The molecule has 0 radical (unpaired) electrons. The summed E-state index contributed by atoms with van der Waals surface area (Å²) in [6.07, 6.45) is 5.41. The molecule has 1 saturated heterocycles. The van der Waals surface area contributed by atoms with Crippen LogP contribution in [0.25, 0.3) is 22.3 Å². The van der Waals surface area contributed by atoms with Gasteiger partial charge in [0.2, 0.25) is 0 Å². The third kappa shape index (κ3) is 4.20. The van der Waals surface area contributed by atoms with Crippen molar-refractivity contribution in [3.05, 3.63) is 30.5 Å². The van der Waals surface area contributed by atoms with E-state index < -0.39 is 9.84 Å². The van der Waals surface area contributed by atoms with Gasteiger partial charge in [0.15, 0.2) is 11.0 Å². The number of benzene rings is 1. The average molecular weight is 407 g/mol. The van der Waals surface area contributed by atoms with E-state index in [1.165, 1.54) is 18.0 Å². The lowest BCUT2D eigenvalue weighted by molar-refractivity contribution is 0.0953.